The number of sulfonamides is 1. The van der Waals surface area contributed by atoms with Gasteiger partial charge in [0.05, 0.1) is 4.90 Å². The average Bonchev–Trinajstić information content (AvgIpc) is 3.04. The molecule has 0 saturated carbocycles. The van der Waals surface area contributed by atoms with E-state index in [0.717, 1.165) is 16.1 Å². The first kappa shape index (κ1) is 17.8. The van der Waals surface area contributed by atoms with Crippen molar-refractivity contribution in [3.05, 3.63) is 48.0 Å². The third-order valence-corrected chi connectivity index (χ3v) is 6.29. The van der Waals surface area contributed by atoms with Crippen LogP contribution in [0.3, 0.4) is 0 Å². The molecule has 3 rings (SSSR count). The Hall–Kier alpha value is -1.99. The Morgan fingerprint density at radius 2 is 2.04 bits per heavy atom. The molecule has 0 fully saturated rings. The van der Waals surface area contributed by atoms with Gasteiger partial charge in [0.15, 0.2) is 0 Å². The van der Waals surface area contributed by atoms with Crippen molar-refractivity contribution in [2.24, 2.45) is 0 Å². The van der Waals surface area contributed by atoms with Crippen LogP contribution < -0.4 is 9.62 Å². The van der Waals surface area contributed by atoms with Crippen LogP contribution in [0.4, 0.5) is 11.4 Å². The molecule has 5 nitrogen and oxygen atoms in total. The summed E-state index contributed by atoms with van der Waals surface area (Å²) in [6.45, 7) is 2.43. The fourth-order valence-electron chi connectivity index (χ4n) is 2.90. The molecule has 1 aliphatic rings. The molecule has 132 valence electrons. The summed E-state index contributed by atoms with van der Waals surface area (Å²) in [5.41, 5.74) is 2.24. The highest BCUT2D eigenvalue weighted by Crippen LogP contribution is 2.31. The summed E-state index contributed by atoms with van der Waals surface area (Å²) in [7, 11) is -3.67. The Morgan fingerprint density at radius 3 is 2.76 bits per heavy atom. The van der Waals surface area contributed by atoms with E-state index in [-0.39, 0.29) is 10.8 Å². The molecule has 0 spiro atoms. The van der Waals surface area contributed by atoms with Crippen LogP contribution in [-0.4, -0.2) is 27.1 Å². The van der Waals surface area contributed by atoms with E-state index in [0.29, 0.717) is 25.1 Å². The summed E-state index contributed by atoms with van der Waals surface area (Å²) in [5, 5.41) is 0. The largest absolute Gasteiger partial charge is 0.312 e. The lowest BCUT2D eigenvalue weighted by Gasteiger charge is -2.16. The van der Waals surface area contributed by atoms with E-state index in [2.05, 4.69) is 4.72 Å². The second kappa shape index (κ2) is 7.09. The minimum Gasteiger partial charge on any atom is -0.312 e. The lowest BCUT2D eigenvalue weighted by atomic mass is 10.2. The number of nitrogens with zero attached hydrogens (tertiary/aromatic N) is 1. The first-order valence-corrected chi connectivity index (χ1v) is 10.8. The number of thioether (sulfide) groups is 1. The van der Waals surface area contributed by atoms with Crippen molar-refractivity contribution in [2.45, 2.75) is 29.6 Å². The normalized spacial score (nSPS) is 13.6. The number of nitrogens with one attached hydrogen (secondary N) is 1. The maximum absolute atomic E-state index is 12.7. The lowest BCUT2D eigenvalue weighted by Crippen LogP contribution is -2.27. The first-order valence-electron chi connectivity index (χ1n) is 8.05. The van der Waals surface area contributed by atoms with Gasteiger partial charge in [-0.1, -0.05) is 13.0 Å². The molecule has 2 aromatic rings. The molecule has 0 aromatic heterocycles. The summed E-state index contributed by atoms with van der Waals surface area (Å²) in [6, 6.07) is 12.2. The molecule has 1 heterocycles. The van der Waals surface area contributed by atoms with Crippen molar-refractivity contribution in [3.8, 4) is 0 Å². The summed E-state index contributed by atoms with van der Waals surface area (Å²) in [6.07, 6.45) is 3.05. The van der Waals surface area contributed by atoms with Crippen LogP contribution in [-0.2, 0) is 21.2 Å². The molecule has 1 N–H and O–H groups in total. The van der Waals surface area contributed by atoms with Crippen molar-refractivity contribution in [1.82, 2.24) is 0 Å². The maximum atomic E-state index is 12.7. The van der Waals surface area contributed by atoms with Gasteiger partial charge in [-0.2, -0.15) is 0 Å². The number of amides is 1. The molecular weight excluding hydrogens is 356 g/mol. The first-order chi connectivity index (χ1) is 11.9. The minimum atomic E-state index is -3.67. The third-order valence-electron chi connectivity index (χ3n) is 4.18. The van der Waals surface area contributed by atoms with Crippen LogP contribution in [0.5, 0.6) is 0 Å². The highest BCUT2D eigenvalue weighted by Gasteiger charge is 2.25. The third kappa shape index (κ3) is 3.67. The lowest BCUT2D eigenvalue weighted by molar-refractivity contribution is -0.118. The standard InChI is InChI=1S/C18H20N2O3S2/c1-3-18(21)20-10-9-13-11-16(7-8-17(13)20)25(22,23)19-14-5-4-6-15(12-14)24-2/h4-8,11-12,19H,3,9-10H2,1-2H3. The number of hydrogen-bond acceptors (Lipinski definition) is 4. The van der Waals surface area contributed by atoms with Crippen LogP contribution in [0.25, 0.3) is 0 Å². The number of benzene rings is 2. The second-order valence-corrected chi connectivity index (χ2v) is 8.34. The van der Waals surface area contributed by atoms with Crippen molar-refractivity contribution in [3.63, 3.8) is 0 Å². The Kier molecular flexibility index (Phi) is 5.06. The van der Waals surface area contributed by atoms with Crippen LogP contribution in [0.1, 0.15) is 18.9 Å². The van der Waals surface area contributed by atoms with Gasteiger partial charge >= 0.3 is 0 Å². The number of carbonyl (C=O) groups excluding carboxylic acids is 1. The van der Waals surface area contributed by atoms with Gasteiger partial charge in [0.25, 0.3) is 10.0 Å². The molecule has 2 aromatic carbocycles. The molecule has 1 amide bonds. The van der Waals surface area contributed by atoms with Gasteiger partial charge in [-0.3, -0.25) is 9.52 Å². The van der Waals surface area contributed by atoms with Gasteiger partial charge in [0.2, 0.25) is 5.91 Å². The minimum absolute atomic E-state index is 0.0568. The molecule has 0 aliphatic carbocycles. The predicted molar refractivity (Wildman–Crippen MR) is 102 cm³/mol. The van der Waals surface area contributed by atoms with Gasteiger partial charge in [0, 0.05) is 29.2 Å². The highest BCUT2D eigenvalue weighted by molar-refractivity contribution is 7.98. The molecule has 25 heavy (non-hydrogen) atoms. The van der Waals surface area contributed by atoms with Crippen molar-refractivity contribution >= 4 is 39.1 Å². The van der Waals surface area contributed by atoms with E-state index in [4.69, 9.17) is 0 Å². The molecule has 0 saturated heterocycles. The average molecular weight is 377 g/mol. The zero-order valence-corrected chi connectivity index (χ0v) is 15.8. The summed E-state index contributed by atoms with van der Waals surface area (Å²) >= 11 is 1.55. The SMILES string of the molecule is CCC(=O)N1CCc2cc(S(=O)(=O)Nc3cccc(SC)c3)ccc21. The number of carbonyl (C=O) groups is 1. The quantitative estimate of drug-likeness (QED) is 0.811. The number of rotatable bonds is 5. The Balaban J connectivity index is 1.87. The molecule has 0 atom stereocenters. The van der Waals surface area contributed by atoms with E-state index in [1.54, 1.807) is 47.0 Å². The Bertz CT molecular complexity index is 910. The summed E-state index contributed by atoms with van der Waals surface area (Å²) in [4.78, 5) is 14.9. The molecule has 7 heteroatoms. The van der Waals surface area contributed by atoms with Crippen LogP contribution in [0.2, 0.25) is 0 Å². The smallest absolute Gasteiger partial charge is 0.261 e. The van der Waals surface area contributed by atoms with E-state index >= 15 is 0 Å². The molecule has 1 aliphatic heterocycles. The van der Waals surface area contributed by atoms with Crippen LogP contribution in [0, 0.1) is 0 Å². The van der Waals surface area contributed by atoms with Gasteiger partial charge in [-0.25, -0.2) is 8.42 Å². The van der Waals surface area contributed by atoms with Gasteiger partial charge in [-0.05, 0) is 54.6 Å². The number of hydrogen-bond donors (Lipinski definition) is 1. The zero-order chi connectivity index (χ0) is 18.0. The highest BCUT2D eigenvalue weighted by atomic mass is 32.2. The number of anilines is 2. The van der Waals surface area contributed by atoms with E-state index < -0.39 is 10.0 Å². The van der Waals surface area contributed by atoms with Crippen LogP contribution in [0.15, 0.2) is 52.3 Å². The van der Waals surface area contributed by atoms with Crippen LogP contribution >= 0.6 is 11.8 Å². The van der Waals surface area contributed by atoms with E-state index in [1.165, 1.54) is 0 Å². The maximum Gasteiger partial charge on any atom is 0.261 e. The molecule has 0 bridgehead atoms. The monoisotopic (exact) mass is 376 g/mol. The summed E-state index contributed by atoms with van der Waals surface area (Å²) < 4.78 is 28.0. The van der Waals surface area contributed by atoms with E-state index in [1.807, 2.05) is 25.3 Å². The fourth-order valence-corrected chi connectivity index (χ4v) is 4.46. The fraction of sp³-hybridized carbons (Fsp3) is 0.278. The number of fused-ring (bicyclic) bond motifs is 1. The predicted octanol–water partition coefficient (Wildman–Crippen LogP) is 3.51. The van der Waals surface area contributed by atoms with Gasteiger partial charge < -0.3 is 4.90 Å². The topological polar surface area (TPSA) is 66.5 Å². The van der Waals surface area contributed by atoms with Crippen molar-refractivity contribution in [2.75, 3.05) is 22.4 Å². The molecule has 0 radical (unpaired) electrons. The Labute approximate surface area is 152 Å². The second-order valence-electron chi connectivity index (χ2n) is 5.78. The zero-order valence-electron chi connectivity index (χ0n) is 14.2. The summed E-state index contributed by atoms with van der Waals surface area (Å²) in [5.74, 6) is 0.0568. The van der Waals surface area contributed by atoms with Crippen molar-refractivity contribution in [1.29, 1.82) is 0 Å². The van der Waals surface area contributed by atoms with Gasteiger partial charge in [0.1, 0.15) is 0 Å². The molecule has 0 unspecified atom stereocenters. The Morgan fingerprint density at radius 1 is 1.24 bits per heavy atom. The molecular formula is C18H20N2O3S2. The van der Waals surface area contributed by atoms with Crippen molar-refractivity contribution < 1.29 is 13.2 Å². The van der Waals surface area contributed by atoms with E-state index in [9.17, 15) is 13.2 Å². The van der Waals surface area contributed by atoms with Gasteiger partial charge in [-0.15, -0.1) is 11.8 Å².